The fraction of sp³-hybridized carbons (Fsp3) is 0.542. The van der Waals surface area contributed by atoms with E-state index in [4.69, 9.17) is 4.74 Å². The van der Waals surface area contributed by atoms with Gasteiger partial charge in [-0.2, -0.15) is 0 Å². The second-order valence-corrected chi connectivity index (χ2v) is 9.34. The first kappa shape index (κ1) is 21.3. The minimum atomic E-state index is -0.481. The number of carbonyl (C=O) groups is 1. The number of nitrogens with one attached hydrogen (secondary N) is 2. The molecule has 0 radical (unpaired) electrons. The number of amides is 1. The van der Waals surface area contributed by atoms with Crippen LogP contribution in [0.2, 0.25) is 0 Å². The molecule has 0 unspecified atom stereocenters. The maximum atomic E-state index is 13.7. The van der Waals surface area contributed by atoms with E-state index in [1.807, 2.05) is 0 Å². The van der Waals surface area contributed by atoms with Gasteiger partial charge in [0, 0.05) is 38.9 Å². The number of carbonyl (C=O) groups excluding carboxylic acids is 1. The minimum Gasteiger partial charge on any atom is -0.381 e. The Morgan fingerprint density at radius 1 is 1.06 bits per heavy atom. The van der Waals surface area contributed by atoms with Crippen LogP contribution in [0.5, 0.6) is 0 Å². The van der Waals surface area contributed by atoms with Crippen LogP contribution in [-0.2, 0) is 4.74 Å². The number of aromatic nitrogens is 2. The lowest BCUT2D eigenvalue weighted by Crippen LogP contribution is -2.32. The number of rotatable bonds is 6. The van der Waals surface area contributed by atoms with Gasteiger partial charge in [0.15, 0.2) is 5.69 Å². The van der Waals surface area contributed by atoms with Crippen LogP contribution in [0, 0.1) is 23.6 Å². The fourth-order valence-corrected chi connectivity index (χ4v) is 5.45. The van der Waals surface area contributed by atoms with E-state index in [0.29, 0.717) is 11.9 Å². The maximum absolute atomic E-state index is 13.7. The highest BCUT2D eigenvalue weighted by molar-refractivity contribution is 6.02. The number of likely N-dealkylation sites (tertiary alicyclic amines) is 1. The molecule has 1 saturated carbocycles. The highest BCUT2D eigenvalue weighted by Crippen LogP contribution is 2.39. The molecule has 0 spiro atoms. The van der Waals surface area contributed by atoms with Crippen molar-refractivity contribution >= 4 is 17.4 Å². The van der Waals surface area contributed by atoms with Crippen LogP contribution in [0.1, 0.15) is 36.2 Å². The van der Waals surface area contributed by atoms with E-state index in [0.717, 1.165) is 43.8 Å². The zero-order chi connectivity index (χ0) is 21.9. The predicted octanol–water partition coefficient (Wildman–Crippen LogP) is 3.42. The summed E-state index contributed by atoms with van der Waals surface area (Å²) >= 11 is 0. The van der Waals surface area contributed by atoms with Crippen molar-refractivity contribution in [1.29, 1.82) is 0 Å². The summed E-state index contributed by atoms with van der Waals surface area (Å²) in [6.07, 6.45) is 4.68. The second kappa shape index (κ2) is 9.50. The van der Waals surface area contributed by atoms with E-state index in [1.165, 1.54) is 44.6 Å². The molecule has 1 amide bonds. The molecule has 32 heavy (non-hydrogen) atoms. The molecule has 7 nitrogen and oxygen atoms in total. The molecule has 5 rings (SSSR count). The smallest absolute Gasteiger partial charge is 0.276 e. The van der Waals surface area contributed by atoms with Crippen LogP contribution in [0.25, 0.3) is 0 Å². The summed E-state index contributed by atoms with van der Waals surface area (Å²) in [4.78, 5) is 15.0. The van der Waals surface area contributed by atoms with Gasteiger partial charge in [0.05, 0.1) is 5.69 Å². The minimum absolute atomic E-state index is 0.130. The summed E-state index contributed by atoms with van der Waals surface area (Å²) in [6.45, 7) is 5.45. The van der Waals surface area contributed by atoms with Crippen LogP contribution in [0.15, 0.2) is 36.4 Å². The normalized spacial score (nSPS) is 26.1. The zero-order valence-electron chi connectivity index (χ0n) is 18.2. The van der Waals surface area contributed by atoms with Gasteiger partial charge in [0.25, 0.3) is 5.91 Å². The molecule has 3 heterocycles. The van der Waals surface area contributed by atoms with Gasteiger partial charge in [0.2, 0.25) is 0 Å². The van der Waals surface area contributed by atoms with Gasteiger partial charge in [0.1, 0.15) is 11.6 Å². The molecule has 3 fully saturated rings. The van der Waals surface area contributed by atoms with Crippen molar-refractivity contribution < 1.29 is 13.9 Å². The van der Waals surface area contributed by atoms with Gasteiger partial charge in [-0.15, -0.1) is 10.2 Å². The number of fused-ring (bicyclic) bond motifs is 1. The highest BCUT2D eigenvalue weighted by Gasteiger charge is 2.41. The van der Waals surface area contributed by atoms with Gasteiger partial charge in [-0.05, 0) is 67.7 Å². The highest BCUT2D eigenvalue weighted by atomic mass is 19.1. The van der Waals surface area contributed by atoms with Crippen LogP contribution in [0.3, 0.4) is 0 Å². The number of ether oxygens (including phenoxy) is 1. The summed E-state index contributed by atoms with van der Waals surface area (Å²) in [5.41, 5.74) is 0.288. The molecule has 1 aromatic heterocycles. The number of benzene rings is 1. The predicted molar refractivity (Wildman–Crippen MR) is 120 cm³/mol. The van der Waals surface area contributed by atoms with Gasteiger partial charge in [-0.3, -0.25) is 4.79 Å². The summed E-state index contributed by atoms with van der Waals surface area (Å²) in [5.74, 6) is 1.99. The first-order valence-corrected chi connectivity index (χ1v) is 11.6. The lowest BCUT2D eigenvalue weighted by Gasteiger charge is -2.27. The van der Waals surface area contributed by atoms with E-state index in [2.05, 4.69) is 25.7 Å². The molecule has 0 bridgehead atoms. The SMILES string of the molecule is O=C(Nc1ccccc1F)c1ccc(N[C@H]2C[C@@H]3CN(CC4CCOCC4)C[C@@H]3C2)nn1. The molecule has 1 aromatic carbocycles. The Bertz CT molecular complexity index is 920. The Morgan fingerprint density at radius 3 is 2.50 bits per heavy atom. The molecular formula is C24H30FN5O2. The van der Waals surface area contributed by atoms with Crippen LogP contribution >= 0.6 is 0 Å². The first-order valence-electron chi connectivity index (χ1n) is 11.6. The van der Waals surface area contributed by atoms with E-state index < -0.39 is 11.7 Å². The van der Waals surface area contributed by atoms with Crippen molar-refractivity contribution in [2.75, 3.05) is 43.5 Å². The molecule has 8 heteroatoms. The largest absolute Gasteiger partial charge is 0.381 e. The van der Waals surface area contributed by atoms with Gasteiger partial charge in [-0.1, -0.05) is 12.1 Å². The Morgan fingerprint density at radius 2 is 1.81 bits per heavy atom. The number of hydrogen-bond donors (Lipinski definition) is 2. The molecule has 2 N–H and O–H groups in total. The lowest BCUT2D eigenvalue weighted by molar-refractivity contribution is 0.0545. The fourth-order valence-electron chi connectivity index (χ4n) is 5.45. The third kappa shape index (κ3) is 4.91. The number of para-hydroxylation sites is 1. The maximum Gasteiger partial charge on any atom is 0.276 e. The third-order valence-electron chi connectivity index (χ3n) is 7.06. The van der Waals surface area contributed by atoms with Crippen molar-refractivity contribution in [2.24, 2.45) is 17.8 Å². The summed E-state index contributed by atoms with van der Waals surface area (Å²) in [6, 6.07) is 9.84. The van der Waals surface area contributed by atoms with E-state index in [-0.39, 0.29) is 11.4 Å². The number of nitrogens with zero attached hydrogens (tertiary/aromatic N) is 3. The Kier molecular flexibility index (Phi) is 6.32. The molecule has 2 saturated heterocycles. The van der Waals surface area contributed by atoms with Crippen LogP contribution in [0.4, 0.5) is 15.9 Å². The number of halogens is 1. The first-order chi connectivity index (χ1) is 15.6. The van der Waals surface area contributed by atoms with Crippen LogP contribution in [-0.4, -0.2) is 59.9 Å². The number of anilines is 2. The van der Waals surface area contributed by atoms with Crippen molar-refractivity contribution in [2.45, 2.75) is 31.7 Å². The Hall–Kier alpha value is -2.58. The standard InChI is InChI=1S/C24H30FN5O2/c25-20-3-1-2-4-21(20)27-24(31)22-5-6-23(29-28-22)26-19-11-17-14-30(15-18(17)12-19)13-16-7-9-32-10-8-16/h1-6,16-19H,7-15H2,(H,26,29)(H,27,31)/t17-,18+,19+. The lowest BCUT2D eigenvalue weighted by atomic mass is 10.00. The molecule has 1 aliphatic carbocycles. The Balaban J connectivity index is 1.10. The van der Waals surface area contributed by atoms with Crippen molar-refractivity contribution in [3.63, 3.8) is 0 Å². The van der Waals surface area contributed by atoms with Gasteiger partial charge >= 0.3 is 0 Å². The van der Waals surface area contributed by atoms with Crippen molar-refractivity contribution in [1.82, 2.24) is 15.1 Å². The zero-order valence-corrected chi connectivity index (χ0v) is 18.2. The summed E-state index contributed by atoms with van der Waals surface area (Å²) < 4.78 is 19.2. The van der Waals surface area contributed by atoms with E-state index in [1.54, 1.807) is 24.3 Å². The van der Waals surface area contributed by atoms with Gasteiger partial charge < -0.3 is 20.3 Å². The molecular weight excluding hydrogens is 409 g/mol. The molecule has 2 aromatic rings. The topological polar surface area (TPSA) is 79.4 Å². The third-order valence-corrected chi connectivity index (χ3v) is 7.06. The van der Waals surface area contributed by atoms with Crippen molar-refractivity contribution in [3.8, 4) is 0 Å². The van der Waals surface area contributed by atoms with Crippen molar-refractivity contribution in [3.05, 3.63) is 47.9 Å². The van der Waals surface area contributed by atoms with Gasteiger partial charge in [-0.25, -0.2) is 4.39 Å². The van der Waals surface area contributed by atoms with E-state index in [9.17, 15) is 9.18 Å². The average Bonchev–Trinajstić information content (AvgIpc) is 3.34. The van der Waals surface area contributed by atoms with Crippen LogP contribution < -0.4 is 10.6 Å². The molecule has 2 aliphatic heterocycles. The summed E-state index contributed by atoms with van der Waals surface area (Å²) in [7, 11) is 0. The second-order valence-electron chi connectivity index (χ2n) is 9.34. The van der Waals surface area contributed by atoms with E-state index >= 15 is 0 Å². The molecule has 3 atom stereocenters. The number of hydrogen-bond acceptors (Lipinski definition) is 6. The Labute approximate surface area is 187 Å². The quantitative estimate of drug-likeness (QED) is 0.718. The monoisotopic (exact) mass is 439 g/mol. The molecule has 3 aliphatic rings. The summed E-state index contributed by atoms with van der Waals surface area (Å²) in [5, 5.41) is 14.2. The molecule has 170 valence electrons. The average molecular weight is 440 g/mol.